The van der Waals surface area contributed by atoms with Crippen molar-refractivity contribution in [3.8, 4) is 0 Å². The number of carbonyl (C=O) groups excluding carboxylic acids is 1. The van der Waals surface area contributed by atoms with E-state index in [1.54, 1.807) is 15.8 Å². The summed E-state index contributed by atoms with van der Waals surface area (Å²) >= 11 is 0. The molecule has 1 amide bonds. The number of nitrogens with zero attached hydrogens (tertiary/aromatic N) is 4. The zero-order valence-corrected chi connectivity index (χ0v) is 16.5. The highest BCUT2D eigenvalue weighted by atomic mass is 16.9. The minimum absolute atomic E-state index is 0.0804. The van der Waals surface area contributed by atoms with Crippen LogP contribution in [0, 0.1) is 0 Å². The van der Waals surface area contributed by atoms with E-state index in [-0.39, 0.29) is 30.3 Å². The first-order valence-corrected chi connectivity index (χ1v) is 9.78. The fourth-order valence-electron chi connectivity index (χ4n) is 4.42. The molecule has 10 nitrogen and oxygen atoms in total. The van der Waals surface area contributed by atoms with E-state index < -0.39 is 17.9 Å². The van der Waals surface area contributed by atoms with Gasteiger partial charge >= 0.3 is 0 Å². The average Bonchev–Trinajstić information content (AvgIpc) is 3.32. The number of aromatic nitrogens is 3. The molecular weight excluding hydrogens is 368 g/mol. The minimum atomic E-state index is -0.749. The molecule has 5 heterocycles. The standard InChI is InChI=1S/C18H26N4O6/c1-17(2)25-13-10(24-16-15(14(13)26-17)27-18(3,4)28-16)8-21-9-11(19-20-21)22-7-5-6-12(22)23/h9-10,13-16H,5-8H2,1-4H3/t10?,13-,14?,15?,16+/m0/s1. The lowest BCUT2D eigenvalue weighted by Gasteiger charge is -2.37. The third-order valence-electron chi connectivity index (χ3n) is 5.49. The molecule has 4 saturated heterocycles. The first-order valence-electron chi connectivity index (χ1n) is 9.78. The van der Waals surface area contributed by atoms with Crippen molar-refractivity contribution >= 4 is 11.7 Å². The fraction of sp³-hybridized carbons (Fsp3) is 0.833. The van der Waals surface area contributed by atoms with Crippen LogP contribution in [-0.2, 0) is 35.0 Å². The van der Waals surface area contributed by atoms with E-state index in [1.807, 2.05) is 27.7 Å². The SMILES string of the molecule is CC1(C)OC2C3OC(C)(C)O[C@H]3C(Cn3cc(N4CCCC4=O)nn3)O[C@@H]2O1. The van der Waals surface area contributed by atoms with Gasteiger partial charge in [-0.3, -0.25) is 9.69 Å². The van der Waals surface area contributed by atoms with E-state index in [1.165, 1.54) is 0 Å². The van der Waals surface area contributed by atoms with E-state index in [0.717, 1.165) is 6.42 Å². The van der Waals surface area contributed by atoms with E-state index in [2.05, 4.69) is 10.3 Å². The molecule has 28 heavy (non-hydrogen) atoms. The zero-order valence-electron chi connectivity index (χ0n) is 16.5. The Morgan fingerprint density at radius 3 is 2.54 bits per heavy atom. The van der Waals surface area contributed by atoms with Gasteiger partial charge < -0.3 is 23.7 Å². The summed E-state index contributed by atoms with van der Waals surface area (Å²) in [5.41, 5.74) is 0. The summed E-state index contributed by atoms with van der Waals surface area (Å²) in [4.78, 5) is 13.6. The maximum Gasteiger partial charge on any atom is 0.228 e. The predicted molar refractivity (Wildman–Crippen MR) is 94.1 cm³/mol. The molecule has 1 aromatic heterocycles. The second-order valence-electron chi connectivity index (χ2n) is 8.66. The van der Waals surface area contributed by atoms with Crippen molar-refractivity contribution in [2.75, 3.05) is 11.4 Å². The number of anilines is 1. The maximum absolute atomic E-state index is 11.9. The van der Waals surface area contributed by atoms with Gasteiger partial charge in [-0.15, -0.1) is 5.10 Å². The molecule has 4 fully saturated rings. The van der Waals surface area contributed by atoms with Crippen molar-refractivity contribution in [1.82, 2.24) is 15.0 Å². The molecule has 0 bridgehead atoms. The third-order valence-corrected chi connectivity index (χ3v) is 5.49. The Labute approximate surface area is 163 Å². The highest BCUT2D eigenvalue weighted by Gasteiger charge is 2.60. The summed E-state index contributed by atoms with van der Waals surface area (Å²) in [6.07, 6.45) is 1.29. The lowest BCUT2D eigenvalue weighted by atomic mass is 9.99. The quantitative estimate of drug-likeness (QED) is 0.743. The van der Waals surface area contributed by atoms with Gasteiger partial charge in [-0.1, -0.05) is 5.21 Å². The molecule has 10 heteroatoms. The molecule has 3 unspecified atom stereocenters. The van der Waals surface area contributed by atoms with Gasteiger partial charge in [-0.2, -0.15) is 0 Å². The van der Waals surface area contributed by atoms with Gasteiger partial charge in [-0.05, 0) is 34.1 Å². The van der Waals surface area contributed by atoms with Crippen molar-refractivity contribution in [3.63, 3.8) is 0 Å². The van der Waals surface area contributed by atoms with Crippen LogP contribution in [0.1, 0.15) is 40.5 Å². The molecule has 1 aromatic rings. The summed E-state index contributed by atoms with van der Waals surface area (Å²) < 4.78 is 32.1. The summed E-state index contributed by atoms with van der Waals surface area (Å²) in [7, 11) is 0. The van der Waals surface area contributed by atoms with Crippen molar-refractivity contribution < 1.29 is 28.5 Å². The van der Waals surface area contributed by atoms with Gasteiger partial charge in [0.25, 0.3) is 0 Å². The Morgan fingerprint density at radius 2 is 1.79 bits per heavy atom. The first kappa shape index (κ1) is 18.4. The number of hydrogen-bond acceptors (Lipinski definition) is 8. The fourth-order valence-corrected chi connectivity index (χ4v) is 4.42. The Balaban J connectivity index is 1.36. The first-order chi connectivity index (χ1) is 13.2. The molecule has 4 aliphatic rings. The van der Waals surface area contributed by atoms with Crippen LogP contribution in [0.3, 0.4) is 0 Å². The van der Waals surface area contributed by atoms with Crippen molar-refractivity contribution in [1.29, 1.82) is 0 Å². The molecule has 0 aliphatic carbocycles. The van der Waals surface area contributed by atoms with E-state index in [4.69, 9.17) is 23.7 Å². The smallest absolute Gasteiger partial charge is 0.228 e. The van der Waals surface area contributed by atoms with E-state index in [0.29, 0.717) is 25.3 Å². The van der Waals surface area contributed by atoms with Crippen LogP contribution < -0.4 is 4.90 Å². The Morgan fingerprint density at radius 1 is 1.07 bits per heavy atom. The zero-order chi connectivity index (χ0) is 19.7. The van der Waals surface area contributed by atoms with Crippen LogP contribution in [0.25, 0.3) is 0 Å². The van der Waals surface area contributed by atoms with Crippen LogP contribution in [0.15, 0.2) is 6.20 Å². The number of rotatable bonds is 3. The third kappa shape index (κ3) is 3.13. The molecule has 0 radical (unpaired) electrons. The molecule has 0 aromatic carbocycles. The summed E-state index contributed by atoms with van der Waals surface area (Å²) in [6.45, 7) is 8.56. The van der Waals surface area contributed by atoms with Crippen molar-refractivity contribution in [2.24, 2.45) is 0 Å². The number of amides is 1. The van der Waals surface area contributed by atoms with Crippen molar-refractivity contribution in [3.05, 3.63) is 6.20 Å². The summed E-state index contributed by atoms with van der Waals surface area (Å²) in [6, 6.07) is 0. The Bertz CT molecular complexity index is 780. The normalized spacial score (nSPS) is 38.6. The Hall–Kier alpha value is -1.59. The average molecular weight is 394 g/mol. The van der Waals surface area contributed by atoms with E-state index in [9.17, 15) is 4.79 Å². The van der Waals surface area contributed by atoms with Gasteiger partial charge in [0, 0.05) is 13.0 Å². The van der Waals surface area contributed by atoms with Gasteiger partial charge in [0.05, 0.1) is 12.7 Å². The second-order valence-corrected chi connectivity index (χ2v) is 8.66. The monoisotopic (exact) mass is 394 g/mol. The minimum Gasteiger partial charge on any atom is -0.342 e. The Kier molecular flexibility index (Phi) is 4.08. The highest BCUT2D eigenvalue weighted by molar-refractivity contribution is 5.94. The molecule has 0 spiro atoms. The lowest BCUT2D eigenvalue weighted by molar-refractivity contribution is -0.236. The number of ether oxygens (including phenoxy) is 5. The lowest BCUT2D eigenvalue weighted by Crippen LogP contribution is -2.56. The van der Waals surface area contributed by atoms with E-state index >= 15 is 0 Å². The van der Waals surface area contributed by atoms with Crippen LogP contribution in [-0.4, -0.2) is 69.7 Å². The van der Waals surface area contributed by atoms with Gasteiger partial charge in [-0.25, -0.2) is 4.68 Å². The van der Waals surface area contributed by atoms with Gasteiger partial charge in [0.15, 0.2) is 23.7 Å². The van der Waals surface area contributed by atoms with Crippen LogP contribution in [0.5, 0.6) is 0 Å². The largest absolute Gasteiger partial charge is 0.342 e. The topological polar surface area (TPSA) is 97.2 Å². The maximum atomic E-state index is 11.9. The van der Waals surface area contributed by atoms with Gasteiger partial charge in [0.1, 0.15) is 24.4 Å². The number of hydrogen-bond donors (Lipinski definition) is 0. The van der Waals surface area contributed by atoms with Crippen LogP contribution >= 0.6 is 0 Å². The summed E-state index contributed by atoms with van der Waals surface area (Å²) in [5, 5.41) is 8.33. The number of carbonyl (C=O) groups is 1. The predicted octanol–water partition coefficient (Wildman–Crippen LogP) is 0.801. The molecule has 5 atom stereocenters. The molecular formula is C18H26N4O6. The summed E-state index contributed by atoms with van der Waals surface area (Å²) in [5.74, 6) is -0.839. The molecule has 0 N–H and O–H groups in total. The molecule has 0 saturated carbocycles. The van der Waals surface area contributed by atoms with Crippen LogP contribution in [0.4, 0.5) is 5.82 Å². The van der Waals surface area contributed by atoms with Crippen LogP contribution in [0.2, 0.25) is 0 Å². The molecule has 4 aliphatic heterocycles. The highest BCUT2D eigenvalue weighted by Crippen LogP contribution is 2.44. The van der Waals surface area contributed by atoms with Gasteiger partial charge in [0.2, 0.25) is 5.91 Å². The second kappa shape index (κ2) is 6.20. The molecule has 5 rings (SSSR count). The van der Waals surface area contributed by atoms with Crippen molar-refractivity contribution in [2.45, 2.75) is 89.4 Å². The number of fused-ring (bicyclic) bond motifs is 3. The molecule has 154 valence electrons.